The summed E-state index contributed by atoms with van der Waals surface area (Å²) in [5, 5.41) is 3.35. The molecule has 1 saturated heterocycles. The summed E-state index contributed by atoms with van der Waals surface area (Å²) in [5.74, 6) is 2.56. The highest BCUT2D eigenvalue weighted by molar-refractivity contribution is 9.10. The molecule has 1 aliphatic carbocycles. The maximum absolute atomic E-state index is 12.8. The number of aryl methyl sites for hydroxylation is 1. The number of halogens is 1. The van der Waals surface area contributed by atoms with Gasteiger partial charge in [0.1, 0.15) is 5.76 Å². The van der Waals surface area contributed by atoms with Gasteiger partial charge in [-0.05, 0) is 69.8 Å². The average molecular weight is 474 g/mol. The van der Waals surface area contributed by atoms with E-state index >= 15 is 0 Å². The van der Waals surface area contributed by atoms with Gasteiger partial charge in [0.25, 0.3) is 0 Å². The van der Waals surface area contributed by atoms with Crippen LogP contribution in [-0.4, -0.2) is 34.9 Å². The summed E-state index contributed by atoms with van der Waals surface area (Å²) in [6.07, 6.45) is 6.76. The third kappa shape index (κ3) is 5.14. The normalized spacial score (nSPS) is 23.4. The van der Waals surface area contributed by atoms with Crippen LogP contribution in [0.3, 0.4) is 0 Å². The third-order valence-electron chi connectivity index (χ3n) is 6.74. The second-order valence-electron chi connectivity index (χ2n) is 8.96. The molecule has 4 rings (SSSR count). The quantitative estimate of drug-likeness (QED) is 0.638. The Hall–Kier alpha value is -1.66. The van der Waals surface area contributed by atoms with Gasteiger partial charge < -0.3 is 9.73 Å². The SMILES string of the molecule is Cc1oc(-c2cccc(Br)c2)nc1CN1CCC(C(=O)N[C@H]2CCCC[C@H]2C)CC1. The van der Waals surface area contributed by atoms with Crippen molar-refractivity contribution in [3.8, 4) is 11.5 Å². The molecule has 1 aliphatic heterocycles. The number of amides is 1. The van der Waals surface area contributed by atoms with Gasteiger partial charge in [-0.2, -0.15) is 0 Å². The summed E-state index contributed by atoms with van der Waals surface area (Å²) >= 11 is 3.51. The van der Waals surface area contributed by atoms with E-state index in [4.69, 9.17) is 9.40 Å². The molecule has 2 fully saturated rings. The molecule has 2 atom stereocenters. The molecule has 5 nitrogen and oxygen atoms in total. The van der Waals surface area contributed by atoms with Crippen LogP contribution >= 0.6 is 15.9 Å². The molecule has 30 heavy (non-hydrogen) atoms. The summed E-state index contributed by atoms with van der Waals surface area (Å²) in [6, 6.07) is 8.39. The van der Waals surface area contributed by atoms with E-state index in [1.54, 1.807) is 0 Å². The van der Waals surface area contributed by atoms with Crippen molar-refractivity contribution in [3.63, 3.8) is 0 Å². The van der Waals surface area contributed by atoms with Crippen molar-refractivity contribution in [2.45, 2.75) is 65.0 Å². The van der Waals surface area contributed by atoms with Crippen molar-refractivity contribution in [2.75, 3.05) is 13.1 Å². The predicted molar refractivity (Wildman–Crippen MR) is 122 cm³/mol. The van der Waals surface area contributed by atoms with Gasteiger partial charge in [0.15, 0.2) is 0 Å². The molecule has 2 aromatic rings. The maximum atomic E-state index is 12.8. The van der Waals surface area contributed by atoms with Gasteiger partial charge in [-0.3, -0.25) is 9.69 Å². The van der Waals surface area contributed by atoms with Gasteiger partial charge in [0.2, 0.25) is 11.8 Å². The number of rotatable bonds is 5. The Kier molecular flexibility index (Phi) is 6.94. The van der Waals surface area contributed by atoms with Crippen LogP contribution in [0.15, 0.2) is 33.2 Å². The molecule has 6 heteroatoms. The molecule has 2 heterocycles. The molecular weight excluding hydrogens is 442 g/mol. The van der Waals surface area contributed by atoms with Gasteiger partial charge in [0, 0.05) is 28.5 Å². The highest BCUT2D eigenvalue weighted by Gasteiger charge is 2.29. The second kappa shape index (κ2) is 9.65. The fourth-order valence-corrected chi connectivity index (χ4v) is 5.12. The lowest BCUT2D eigenvalue weighted by atomic mass is 9.85. The second-order valence-corrected chi connectivity index (χ2v) is 9.88. The first-order valence-electron chi connectivity index (χ1n) is 11.2. The molecule has 1 aromatic heterocycles. The zero-order chi connectivity index (χ0) is 21.1. The lowest BCUT2D eigenvalue weighted by molar-refractivity contribution is -0.127. The number of carbonyl (C=O) groups is 1. The first kappa shape index (κ1) is 21.6. The van der Waals surface area contributed by atoms with Crippen LogP contribution < -0.4 is 5.32 Å². The Labute approximate surface area is 187 Å². The maximum Gasteiger partial charge on any atom is 0.226 e. The molecular formula is C24H32BrN3O2. The predicted octanol–water partition coefficient (Wildman–Crippen LogP) is 5.32. The van der Waals surface area contributed by atoms with Crippen LogP contribution in [0.4, 0.5) is 0 Å². The average Bonchev–Trinajstić information content (AvgIpc) is 3.10. The lowest BCUT2D eigenvalue weighted by Crippen LogP contribution is -2.46. The molecule has 1 saturated carbocycles. The molecule has 0 radical (unpaired) electrons. The van der Waals surface area contributed by atoms with E-state index in [0.717, 1.165) is 60.4 Å². The first-order valence-corrected chi connectivity index (χ1v) is 12.0. The van der Waals surface area contributed by atoms with Crippen LogP contribution in [-0.2, 0) is 11.3 Å². The third-order valence-corrected chi connectivity index (χ3v) is 7.23. The van der Waals surface area contributed by atoms with E-state index in [9.17, 15) is 4.79 Å². The topological polar surface area (TPSA) is 58.4 Å². The summed E-state index contributed by atoms with van der Waals surface area (Å²) < 4.78 is 6.94. The Balaban J connectivity index is 1.30. The first-order chi connectivity index (χ1) is 14.5. The molecule has 0 bridgehead atoms. The summed E-state index contributed by atoms with van der Waals surface area (Å²) in [4.78, 5) is 19.9. The Morgan fingerprint density at radius 3 is 2.73 bits per heavy atom. The fourth-order valence-electron chi connectivity index (χ4n) is 4.72. The monoisotopic (exact) mass is 473 g/mol. The van der Waals surface area contributed by atoms with Crippen molar-refractivity contribution in [3.05, 3.63) is 40.2 Å². The van der Waals surface area contributed by atoms with Crippen molar-refractivity contribution in [1.82, 2.24) is 15.2 Å². The largest absolute Gasteiger partial charge is 0.441 e. The van der Waals surface area contributed by atoms with Crippen LogP contribution in [0.1, 0.15) is 56.9 Å². The smallest absolute Gasteiger partial charge is 0.226 e. The standard InChI is InChI=1S/C24H32BrN3O2/c1-16-6-3-4-9-21(16)26-23(29)18-10-12-28(13-11-18)15-22-17(2)30-24(27-22)19-7-5-8-20(25)14-19/h5,7-8,14,16,18,21H,3-4,6,9-13,15H2,1-2H3,(H,26,29)/t16-,21+/m1/s1. The van der Waals surface area contributed by atoms with E-state index in [1.807, 2.05) is 31.2 Å². The minimum Gasteiger partial charge on any atom is -0.441 e. The number of piperidine rings is 1. The summed E-state index contributed by atoms with van der Waals surface area (Å²) in [7, 11) is 0. The van der Waals surface area contributed by atoms with Gasteiger partial charge in [-0.15, -0.1) is 0 Å². The van der Waals surface area contributed by atoms with E-state index in [-0.39, 0.29) is 11.8 Å². The Morgan fingerprint density at radius 1 is 1.23 bits per heavy atom. The van der Waals surface area contributed by atoms with Gasteiger partial charge in [0.05, 0.1) is 5.69 Å². The van der Waals surface area contributed by atoms with Crippen molar-refractivity contribution in [2.24, 2.45) is 11.8 Å². The van der Waals surface area contributed by atoms with Crippen molar-refractivity contribution in [1.29, 1.82) is 0 Å². The van der Waals surface area contributed by atoms with Crippen LogP contribution in [0.5, 0.6) is 0 Å². The number of nitrogens with one attached hydrogen (secondary N) is 1. The van der Waals surface area contributed by atoms with Gasteiger partial charge >= 0.3 is 0 Å². The highest BCUT2D eigenvalue weighted by atomic mass is 79.9. The molecule has 162 valence electrons. The molecule has 2 aliphatic rings. The number of benzene rings is 1. The highest BCUT2D eigenvalue weighted by Crippen LogP contribution is 2.27. The minimum atomic E-state index is 0.144. The number of carbonyl (C=O) groups excluding carboxylic acids is 1. The molecule has 1 N–H and O–H groups in total. The molecule has 1 aromatic carbocycles. The lowest BCUT2D eigenvalue weighted by Gasteiger charge is -2.34. The summed E-state index contributed by atoms with van der Waals surface area (Å²) in [5.41, 5.74) is 1.97. The van der Waals surface area contributed by atoms with Crippen LogP contribution in [0.25, 0.3) is 11.5 Å². The number of aromatic nitrogens is 1. The number of likely N-dealkylation sites (tertiary alicyclic amines) is 1. The number of hydrogen-bond acceptors (Lipinski definition) is 4. The molecule has 0 unspecified atom stereocenters. The number of hydrogen-bond donors (Lipinski definition) is 1. The zero-order valence-electron chi connectivity index (χ0n) is 18.0. The van der Waals surface area contributed by atoms with Gasteiger partial charge in [-0.25, -0.2) is 4.98 Å². The van der Waals surface area contributed by atoms with E-state index in [1.165, 1.54) is 19.3 Å². The van der Waals surface area contributed by atoms with Gasteiger partial charge in [-0.1, -0.05) is 41.8 Å². The van der Waals surface area contributed by atoms with E-state index in [0.29, 0.717) is 17.9 Å². The van der Waals surface area contributed by atoms with Crippen molar-refractivity contribution < 1.29 is 9.21 Å². The fraction of sp³-hybridized carbons (Fsp3) is 0.583. The Bertz CT molecular complexity index is 873. The Morgan fingerprint density at radius 2 is 2.00 bits per heavy atom. The van der Waals surface area contributed by atoms with Crippen molar-refractivity contribution >= 4 is 21.8 Å². The zero-order valence-corrected chi connectivity index (χ0v) is 19.6. The van der Waals surface area contributed by atoms with Crippen LogP contribution in [0, 0.1) is 18.8 Å². The summed E-state index contributed by atoms with van der Waals surface area (Å²) in [6.45, 7) is 6.88. The van der Waals surface area contributed by atoms with Crippen LogP contribution in [0.2, 0.25) is 0 Å². The number of oxazole rings is 1. The van der Waals surface area contributed by atoms with E-state index in [2.05, 4.69) is 33.1 Å². The molecule has 0 spiro atoms. The minimum absolute atomic E-state index is 0.144. The van der Waals surface area contributed by atoms with E-state index < -0.39 is 0 Å². The number of nitrogens with zero attached hydrogens (tertiary/aromatic N) is 2. The molecule has 1 amide bonds.